The number of nitrogens with one attached hydrogen (secondary N) is 1. The number of H-pyrrole nitrogens is 1. The lowest BCUT2D eigenvalue weighted by atomic mass is 9.95. The highest BCUT2D eigenvalue weighted by atomic mass is 35.5. The molecule has 0 saturated carbocycles. The molecular formula is C19H27ClN2O2S. The Hall–Kier alpha value is -1.17. The molecule has 0 spiro atoms. The highest BCUT2D eigenvalue weighted by Gasteiger charge is 2.29. The maximum Gasteiger partial charge on any atom is 0.293 e. The van der Waals surface area contributed by atoms with Gasteiger partial charge in [0.1, 0.15) is 0 Å². The quantitative estimate of drug-likeness (QED) is 0.763. The van der Waals surface area contributed by atoms with Crippen LogP contribution in [0.3, 0.4) is 0 Å². The van der Waals surface area contributed by atoms with E-state index >= 15 is 0 Å². The van der Waals surface area contributed by atoms with E-state index in [1.165, 1.54) is 28.6 Å². The third kappa shape index (κ3) is 4.93. The van der Waals surface area contributed by atoms with Gasteiger partial charge in [-0.1, -0.05) is 18.5 Å². The summed E-state index contributed by atoms with van der Waals surface area (Å²) in [5.41, 5.74) is 4.09. The summed E-state index contributed by atoms with van der Waals surface area (Å²) in [6, 6.07) is 6.67. The molecule has 25 heavy (non-hydrogen) atoms. The highest BCUT2D eigenvalue weighted by Crippen LogP contribution is 2.38. The third-order valence-electron chi connectivity index (χ3n) is 4.67. The molecule has 1 N–H and O–H groups in total. The number of carbonyl (C=O) groups is 1. The van der Waals surface area contributed by atoms with Gasteiger partial charge in [-0.05, 0) is 56.8 Å². The van der Waals surface area contributed by atoms with Crippen LogP contribution in [0, 0.1) is 0 Å². The molecule has 0 saturated heterocycles. The number of rotatable bonds is 5. The summed E-state index contributed by atoms with van der Waals surface area (Å²) in [4.78, 5) is 15.3. The molecule has 138 valence electrons. The number of ether oxygens (including phenoxy) is 1. The van der Waals surface area contributed by atoms with Gasteiger partial charge in [0.2, 0.25) is 0 Å². The minimum atomic E-state index is 0.431. The molecule has 3 rings (SSSR count). The van der Waals surface area contributed by atoms with Gasteiger partial charge in [-0.2, -0.15) is 11.8 Å². The van der Waals surface area contributed by atoms with Crippen molar-refractivity contribution in [2.45, 2.75) is 38.0 Å². The second-order valence-electron chi connectivity index (χ2n) is 6.29. The van der Waals surface area contributed by atoms with Crippen LogP contribution in [0.4, 0.5) is 0 Å². The lowest BCUT2D eigenvalue weighted by Crippen LogP contribution is -2.33. The fourth-order valence-corrected chi connectivity index (χ4v) is 3.78. The summed E-state index contributed by atoms with van der Waals surface area (Å²) in [6.07, 6.45) is 4.49. The molecule has 0 bridgehead atoms. The van der Waals surface area contributed by atoms with Crippen LogP contribution in [0.1, 0.15) is 37.6 Å². The molecule has 4 nitrogen and oxygen atoms in total. The van der Waals surface area contributed by atoms with E-state index in [1.54, 1.807) is 6.92 Å². The van der Waals surface area contributed by atoms with Gasteiger partial charge in [-0.3, -0.25) is 9.69 Å². The van der Waals surface area contributed by atoms with Crippen molar-refractivity contribution in [3.05, 3.63) is 34.5 Å². The lowest BCUT2D eigenvalue weighted by Gasteiger charge is -2.34. The number of aromatic nitrogens is 1. The summed E-state index contributed by atoms with van der Waals surface area (Å²) >= 11 is 8.11. The molecular weight excluding hydrogens is 356 g/mol. The lowest BCUT2D eigenvalue weighted by molar-refractivity contribution is -0.128. The summed E-state index contributed by atoms with van der Waals surface area (Å²) in [7, 11) is 2.24. The number of halogens is 1. The van der Waals surface area contributed by atoms with Gasteiger partial charge in [0, 0.05) is 33.4 Å². The van der Waals surface area contributed by atoms with Crippen molar-refractivity contribution >= 4 is 40.7 Å². The number of fused-ring (bicyclic) bond motifs is 3. The number of likely N-dealkylation sites (N-methyl/N-ethyl adjacent to an activating group) is 1. The van der Waals surface area contributed by atoms with E-state index in [0.717, 1.165) is 18.0 Å². The Morgan fingerprint density at radius 1 is 1.52 bits per heavy atom. The fraction of sp³-hybridized carbons (Fsp3) is 0.526. The number of thioether (sulfide) groups is 1. The minimum absolute atomic E-state index is 0.431. The van der Waals surface area contributed by atoms with Crippen LogP contribution in [0.5, 0.6) is 0 Å². The van der Waals surface area contributed by atoms with Gasteiger partial charge in [0.15, 0.2) is 0 Å². The number of nitrogens with zero attached hydrogens (tertiary/aromatic N) is 1. The van der Waals surface area contributed by atoms with Gasteiger partial charge < -0.3 is 9.72 Å². The van der Waals surface area contributed by atoms with E-state index in [4.69, 9.17) is 11.6 Å². The SMILES string of the molecule is CCOC=O.CSC(C)CC1c2[nH]c3ccc(Cl)cc3c2CCN1C. The zero-order valence-electron chi connectivity index (χ0n) is 15.3. The minimum Gasteiger partial charge on any atom is -0.468 e. The van der Waals surface area contributed by atoms with E-state index in [2.05, 4.69) is 47.0 Å². The van der Waals surface area contributed by atoms with Crippen LogP contribution in [-0.4, -0.2) is 48.1 Å². The highest BCUT2D eigenvalue weighted by molar-refractivity contribution is 7.99. The Morgan fingerprint density at radius 2 is 2.28 bits per heavy atom. The van der Waals surface area contributed by atoms with Crippen LogP contribution in [0.2, 0.25) is 5.02 Å². The van der Waals surface area contributed by atoms with Crippen LogP contribution < -0.4 is 0 Å². The number of hydrogen-bond donors (Lipinski definition) is 1. The molecule has 0 fully saturated rings. The van der Waals surface area contributed by atoms with Crippen molar-refractivity contribution in [1.29, 1.82) is 0 Å². The zero-order chi connectivity index (χ0) is 18.4. The average molecular weight is 383 g/mol. The van der Waals surface area contributed by atoms with Gasteiger partial charge in [0.05, 0.1) is 12.6 Å². The maximum atomic E-state index is 9.18. The average Bonchev–Trinajstić information content (AvgIpc) is 2.96. The van der Waals surface area contributed by atoms with Crippen LogP contribution in [0.25, 0.3) is 10.9 Å². The number of aromatic amines is 1. The third-order valence-corrected chi connectivity index (χ3v) is 5.91. The van der Waals surface area contributed by atoms with E-state index in [0.29, 0.717) is 24.4 Å². The molecule has 2 aromatic rings. The second-order valence-corrected chi connectivity index (χ2v) is 8.00. The topological polar surface area (TPSA) is 45.3 Å². The molecule has 2 heterocycles. The predicted molar refractivity (Wildman–Crippen MR) is 108 cm³/mol. The Labute approximate surface area is 159 Å². The summed E-state index contributed by atoms with van der Waals surface area (Å²) in [6.45, 7) is 6.10. The Kier molecular flexibility index (Phi) is 7.66. The maximum absolute atomic E-state index is 9.18. The second kappa shape index (κ2) is 9.51. The molecule has 1 aromatic heterocycles. The standard InChI is InChI=1S/C16H21ClN2S.C3H6O2/c1-10(20-3)8-15-16-12(6-7-19(15)2)13-9-11(17)4-5-14(13)18-16;1-2-5-3-4/h4-5,9-10,15,18H,6-8H2,1-3H3;3H,2H2,1H3. The summed E-state index contributed by atoms with van der Waals surface area (Å²) in [5, 5.41) is 2.80. The van der Waals surface area contributed by atoms with Crippen molar-refractivity contribution < 1.29 is 9.53 Å². The monoisotopic (exact) mass is 382 g/mol. The first-order valence-electron chi connectivity index (χ1n) is 8.60. The fourth-order valence-electron chi connectivity index (χ4n) is 3.24. The smallest absolute Gasteiger partial charge is 0.293 e. The summed E-state index contributed by atoms with van der Waals surface area (Å²) in [5.74, 6) is 0. The van der Waals surface area contributed by atoms with E-state index in [1.807, 2.05) is 17.8 Å². The van der Waals surface area contributed by atoms with Crippen LogP contribution in [0.15, 0.2) is 18.2 Å². The first kappa shape index (κ1) is 20.1. The predicted octanol–water partition coefficient (Wildman–Crippen LogP) is 4.67. The molecule has 1 aliphatic rings. The van der Waals surface area contributed by atoms with E-state index in [9.17, 15) is 4.79 Å². The Bertz CT molecular complexity index is 704. The molecule has 0 aliphatic carbocycles. The first-order chi connectivity index (χ1) is 12.0. The van der Waals surface area contributed by atoms with E-state index in [-0.39, 0.29) is 0 Å². The van der Waals surface area contributed by atoms with E-state index < -0.39 is 0 Å². The van der Waals surface area contributed by atoms with Gasteiger partial charge >= 0.3 is 0 Å². The van der Waals surface area contributed by atoms with Gasteiger partial charge in [-0.15, -0.1) is 0 Å². The molecule has 1 aliphatic heterocycles. The Morgan fingerprint density at radius 3 is 2.88 bits per heavy atom. The Balaban J connectivity index is 0.000000399. The number of carbonyl (C=O) groups excluding carboxylic acids is 1. The first-order valence-corrected chi connectivity index (χ1v) is 10.3. The molecule has 2 unspecified atom stereocenters. The van der Waals surface area contributed by atoms with Crippen LogP contribution in [-0.2, 0) is 16.0 Å². The van der Waals surface area contributed by atoms with Gasteiger partial charge in [0.25, 0.3) is 6.47 Å². The molecule has 0 amide bonds. The number of benzene rings is 1. The molecule has 2 atom stereocenters. The van der Waals surface area contributed by atoms with Crippen molar-refractivity contribution in [2.24, 2.45) is 0 Å². The molecule has 0 radical (unpaired) electrons. The van der Waals surface area contributed by atoms with Crippen molar-refractivity contribution in [1.82, 2.24) is 9.88 Å². The van der Waals surface area contributed by atoms with Crippen LogP contribution >= 0.6 is 23.4 Å². The molecule has 6 heteroatoms. The van der Waals surface area contributed by atoms with Crippen molar-refractivity contribution in [3.8, 4) is 0 Å². The zero-order valence-corrected chi connectivity index (χ0v) is 16.9. The van der Waals surface area contributed by atoms with Gasteiger partial charge in [-0.25, -0.2) is 0 Å². The largest absolute Gasteiger partial charge is 0.468 e. The van der Waals surface area contributed by atoms with Crippen molar-refractivity contribution in [2.75, 3.05) is 26.5 Å². The number of hydrogen-bond acceptors (Lipinski definition) is 4. The summed E-state index contributed by atoms with van der Waals surface area (Å²) < 4.78 is 4.15. The van der Waals surface area contributed by atoms with Crippen molar-refractivity contribution in [3.63, 3.8) is 0 Å². The molecule has 1 aromatic carbocycles. The normalized spacial score (nSPS) is 18.2.